The fraction of sp³-hybridized carbons (Fsp3) is 0. The number of nitrogens with zero attached hydrogens (tertiary/aromatic N) is 2. The summed E-state index contributed by atoms with van der Waals surface area (Å²) in [5.41, 5.74) is 0. The van der Waals surface area contributed by atoms with Gasteiger partial charge in [-0.3, -0.25) is 0 Å². The molecule has 0 spiro atoms. The Hall–Kier alpha value is -0.592. The Morgan fingerprint density at radius 3 is 0.889 bits per heavy atom. The Labute approximate surface area is 64.9 Å². The van der Waals surface area contributed by atoms with Crippen molar-refractivity contribution in [3.05, 3.63) is 32.5 Å². The molecule has 0 aliphatic rings. The first-order valence-corrected chi connectivity index (χ1v) is 0.730. The van der Waals surface area contributed by atoms with Crippen molar-refractivity contribution < 1.29 is 21.1 Å². The molecule has 0 bridgehead atoms. The number of rotatable bonds is 0. The largest absolute Gasteiger partial charge is 0.693 e. The summed E-state index contributed by atoms with van der Waals surface area (Å²) in [6.07, 6.45) is 0. The van der Waals surface area contributed by atoms with Crippen LogP contribution >= 0.6 is 0 Å². The van der Waals surface area contributed by atoms with Crippen molar-refractivity contribution in [2.75, 3.05) is 0 Å². The third kappa shape index (κ3) is 619. The molecule has 0 aliphatic carbocycles. The molecule has 0 saturated heterocycles. The SMILES string of the molecule is O=N[O-].O=N[O-].[NH2-].[NH2-].[Pt]. The van der Waals surface area contributed by atoms with E-state index < -0.39 is 0 Å². The standard InChI is InChI=1S/2HNO2.2H2N.Pt/c2*2-1-3;;;/h2*(H,2,3);2*1H2;/q;;2*-1;/p-2. The molecule has 0 saturated carbocycles. The van der Waals surface area contributed by atoms with E-state index in [-0.39, 0.29) is 33.4 Å². The Morgan fingerprint density at radius 2 is 0.889 bits per heavy atom. The van der Waals surface area contributed by atoms with Crippen molar-refractivity contribution in [2.24, 2.45) is 10.7 Å². The summed E-state index contributed by atoms with van der Waals surface area (Å²) in [5.74, 6) is 0. The Kier molecular flexibility index (Phi) is 677. The van der Waals surface area contributed by atoms with Crippen LogP contribution in [0.25, 0.3) is 12.3 Å². The molecule has 0 aliphatic heterocycles. The Morgan fingerprint density at radius 1 is 0.889 bits per heavy atom. The fourth-order valence-electron chi connectivity index (χ4n) is 0. The van der Waals surface area contributed by atoms with E-state index in [1.165, 1.54) is 0 Å². The summed E-state index contributed by atoms with van der Waals surface area (Å²) in [6, 6.07) is 0. The Balaban J connectivity index is -0.00000000889. The molecule has 0 radical (unpaired) electrons. The molecule has 0 aromatic carbocycles. The second kappa shape index (κ2) is 153. The summed E-state index contributed by atoms with van der Waals surface area (Å²) < 4.78 is 0. The van der Waals surface area contributed by atoms with Crippen LogP contribution < -0.4 is 0 Å². The monoisotopic (exact) mass is 319 g/mol. The van der Waals surface area contributed by atoms with Gasteiger partial charge in [0.05, 0.1) is 0 Å². The van der Waals surface area contributed by atoms with Crippen LogP contribution in [0, 0.1) is 20.2 Å². The van der Waals surface area contributed by atoms with Crippen molar-refractivity contribution in [1.29, 1.82) is 0 Å². The van der Waals surface area contributed by atoms with Crippen LogP contribution in [0.15, 0.2) is 10.7 Å². The fourth-order valence-corrected chi connectivity index (χ4v) is 0. The summed E-state index contributed by atoms with van der Waals surface area (Å²) >= 11 is 0. The Bertz CT molecular complexity index is 33.5. The van der Waals surface area contributed by atoms with Gasteiger partial charge >= 0.3 is 0 Å². The molecular formula is H4N4O4Pt-4. The molecule has 9 heteroatoms. The quantitative estimate of drug-likeness (QED) is 0.490. The van der Waals surface area contributed by atoms with Crippen LogP contribution in [-0.4, -0.2) is 0 Å². The van der Waals surface area contributed by atoms with E-state index in [1.54, 1.807) is 0 Å². The van der Waals surface area contributed by atoms with Gasteiger partial charge in [0.15, 0.2) is 0 Å². The van der Waals surface area contributed by atoms with Crippen molar-refractivity contribution in [1.82, 2.24) is 0 Å². The van der Waals surface area contributed by atoms with E-state index in [0.717, 1.165) is 10.7 Å². The maximum atomic E-state index is 8.00. The molecule has 0 amide bonds. The molecule has 0 atom stereocenters. The van der Waals surface area contributed by atoms with Crippen LogP contribution in [0.3, 0.4) is 0 Å². The predicted octanol–water partition coefficient (Wildman–Crippen LogP) is 1.93. The van der Waals surface area contributed by atoms with Crippen molar-refractivity contribution in [3.8, 4) is 0 Å². The summed E-state index contributed by atoms with van der Waals surface area (Å²) in [5, 5.41) is 18.0. The summed E-state index contributed by atoms with van der Waals surface area (Å²) in [7, 11) is 0. The molecular weight excluding hydrogens is 315 g/mol. The molecule has 8 nitrogen and oxygen atoms in total. The third-order valence-corrected chi connectivity index (χ3v) is 0. The summed E-state index contributed by atoms with van der Waals surface area (Å²) in [6.45, 7) is 0. The van der Waals surface area contributed by atoms with Gasteiger partial charge in [0.1, 0.15) is 0 Å². The second-order valence-corrected chi connectivity index (χ2v) is 0.149. The minimum Gasteiger partial charge on any atom is -0.693 e. The average molecular weight is 319 g/mol. The topological polar surface area (TPSA) is 172 Å². The van der Waals surface area contributed by atoms with Crippen LogP contribution in [-0.2, 0) is 21.1 Å². The van der Waals surface area contributed by atoms with Gasteiger partial charge < -0.3 is 32.5 Å². The smallest absolute Gasteiger partial charge is 0 e. The van der Waals surface area contributed by atoms with Gasteiger partial charge in [0.2, 0.25) is 0 Å². The van der Waals surface area contributed by atoms with Crippen LogP contribution in [0.1, 0.15) is 0 Å². The van der Waals surface area contributed by atoms with Crippen LogP contribution in [0.5, 0.6) is 0 Å². The van der Waals surface area contributed by atoms with Gasteiger partial charge in [0.25, 0.3) is 0 Å². The van der Waals surface area contributed by atoms with Gasteiger partial charge in [-0.15, -0.1) is 10.7 Å². The van der Waals surface area contributed by atoms with E-state index in [0.29, 0.717) is 0 Å². The molecule has 0 heterocycles. The number of hydrogen-bond acceptors (Lipinski definition) is 6. The average Bonchev–Trinajstić information content (AvgIpc) is 1.39. The van der Waals surface area contributed by atoms with Gasteiger partial charge in [0, 0.05) is 21.1 Å². The first kappa shape index (κ1) is 39.7. The van der Waals surface area contributed by atoms with E-state index in [1.807, 2.05) is 0 Å². The first-order valence-electron chi connectivity index (χ1n) is 0.730. The minimum atomic E-state index is 0. The third-order valence-electron chi connectivity index (χ3n) is 0. The molecule has 0 aromatic rings. The maximum absolute atomic E-state index is 8.00. The van der Waals surface area contributed by atoms with E-state index in [4.69, 9.17) is 20.2 Å². The van der Waals surface area contributed by atoms with Gasteiger partial charge in [-0.25, -0.2) is 0 Å². The number of hydrogen-bond donors (Lipinski definition) is 0. The van der Waals surface area contributed by atoms with Crippen molar-refractivity contribution in [2.45, 2.75) is 0 Å². The molecule has 0 aromatic heterocycles. The normalized spacial score (nSPS) is 2.67. The predicted molar refractivity (Wildman–Crippen MR) is 28.9 cm³/mol. The van der Waals surface area contributed by atoms with Crippen molar-refractivity contribution in [3.63, 3.8) is 0 Å². The molecule has 9 heavy (non-hydrogen) atoms. The first-order chi connectivity index (χ1) is 2.83. The van der Waals surface area contributed by atoms with E-state index in [9.17, 15) is 0 Å². The maximum Gasteiger partial charge on any atom is 0 e. The van der Waals surface area contributed by atoms with Crippen LogP contribution in [0.2, 0.25) is 0 Å². The zero-order valence-electron chi connectivity index (χ0n) is 4.00. The summed E-state index contributed by atoms with van der Waals surface area (Å²) in [4.78, 5) is 16.0. The van der Waals surface area contributed by atoms with Crippen LogP contribution in [0.4, 0.5) is 0 Å². The molecule has 62 valence electrons. The molecule has 0 fully saturated rings. The zero-order valence-corrected chi connectivity index (χ0v) is 6.27. The van der Waals surface area contributed by atoms with E-state index >= 15 is 0 Å². The second-order valence-electron chi connectivity index (χ2n) is 0.149. The number of nitrogens with two attached hydrogens (primary N) is 2. The van der Waals surface area contributed by atoms with Crippen molar-refractivity contribution >= 4 is 0 Å². The zero-order chi connectivity index (χ0) is 5.41. The molecule has 0 unspecified atom stereocenters. The van der Waals surface area contributed by atoms with Gasteiger partial charge in [-0.2, -0.15) is 0 Å². The minimum absolute atomic E-state index is 0. The molecule has 4 N–H and O–H groups in total. The van der Waals surface area contributed by atoms with Gasteiger partial charge in [-0.05, 0) is 0 Å². The van der Waals surface area contributed by atoms with E-state index in [2.05, 4.69) is 0 Å². The molecule has 0 rings (SSSR count). The van der Waals surface area contributed by atoms with Gasteiger partial charge in [-0.1, -0.05) is 0 Å².